The Morgan fingerprint density at radius 1 is 0.325 bits per heavy atom. The molecule has 0 spiro atoms. The number of benzene rings is 7. The van der Waals surface area contributed by atoms with E-state index in [9.17, 15) is 0 Å². The van der Waals surface area contributed by atoms with Gasteiger partial charge in [-0.1, -0.05) is 244 Å². The first-order valence-electron chi connectivity index (χ1n) is 32.3. The van der Waals surface area contributed by atoms with Gasteiger partial charge in [0.15, 0.2) is 0 Å². The molecule has 0 unspecified atom stereocenters. The monoisotopic (exact) mass is 1070 g/mol. The molecule has 0 bridgehead atoms. The van der Waals surface area contributed by atoms with E-state index in [1.165, 1.54) is 190 Å². The number of fused-ring (bicyclic) bond motifs is 3. The molecule has 80 heavy (non-hydrogen) atoms. The van der Waals surface area contributed by atoms with Gasteiger partial charge in [-0.3, -0.25) is 0 Å². The van der Waals surface area contributed by atoms with E-state index < -0.39 is 0 Å². The van der Waals surface area contributed by atoms with Gasteiger partial charge in [0, 0.05) is 39.5 Å². The highest BCUT2D eigenvalue weighted by molar-refractivity contribution is 5.86. The van der Waals surface area contributed by atoms with Crippen molar-refractivity contribution in [3.05, 3.63) is 191 Å². The van der Waals surface area contributed by atoms with E-state index >= 15 is 0 Å². The molecule has 424 valence electrons. The number of unbranched alkanes of at least 4 members (excludes halogenated alkanes) is 12. The number of aryl methyl sites for hydroxylation is 2. The van der Waals surface area contributed by atoms with Crippen molar-refractivity contribution in [3.63, 3.8) is 0 Å². The van der Waals surface area contributed by atoms with Gasteiger partial charge in [0.1, 0.15) is 0 Å². The molecule has 0 fully saturated rings. The normalized spacial score (nSPS) is 12.9. The minimum atomic E-state index is 0.0187. The van der Waals surface area contributed by atoms with E-state index in [4.69, 9.17) is 0 Å². The van der Waals surface area contributed by atoms with Crippen LogP contribution < -0.4 is 9.80 Å². The second-order valence-corrected chi connectivity index (χ2v) is 25.3. The van der Waals surface area contributed by atoms with Gasteiger partial charge in [-0.25, -0.2) is 0 Å². The summed E-state index contributed by atoms with van der Waals surface area (Å²) in [4.78, 5) is 4.89. The van der Waals surface area contributed by atoms with Gasteiger partial charge in [-0.05, 0) is 197 Å². The molecule has 2 heteroatoms. The van der Waals surface area contributed by atoms with Gasteiger partial charge in [-0.2, -0.15) is 0 Å². The molecule has 0 aromatic heterocycles. The molecule has 7 aromatic rings. The molecule has 1 aliphatic carbocycles. The molecule has 0 aliphatic heterocycles. The molecule has 0 saturated carbocycles. The van der Waals surface area contributed by atoms with Gasteiger partial charge < -0.3 is 9.80 Å². The van der Waals surface area contributed by atoms with Crippen LogP contribution in [0, 0.1) is 0 Å². The van der Waals surface area contributed by atoms with E-state index in [0.29, 0.717) is 0 Å². The molecule has 7 aromatic carbocycles. The van der Waals surface area contributed by atoms with E-state index in [1.54, 1.807) is 11.1 Å². The van der Waals surface area contributed by atoms with Crippen molar-refractivity contribution < 1.29 is 0 Å². The van der Waals surface area contributed by atoms with E-state index in [2.05, 4.69) is 237 Å². The molecule has 8 rings (SSSR count). The molecule has 0 radical (unpaired) electrons. The van der Waals surface area contributed by atoms with Crippen LogP contribution in [0.15, 0.2) is 158 Å². The predicted octanol–water partition coefficient (Wildman–Crippen LogP) is 24.5. The molecular weight excluding hydrogens is 965 g/mol. The summed E-state index contributed by atoms with van der Waals surface area (Å²) in [6, 6.07) is 62.0. The molecule has 0 atom stereocenters. The third-order valence-corrected chi connectivity index (χ3v) is 18.6. The smallest absolute Gasteiger partial charge is 0.0463 e. The molecule has 1 aliphatic rings. The van der Waals surface area contributed by atoms with Crippen LogP contribution in [0.3, 0.4) is 0 Å². The fourth-order valence-electron chi connectivity index (χ4n) is 13.0. The standard InChI is InChI=1S/C78H102N2/c1-11-17-21-23-25-27-56-78(57-28-26-24-22-18-12-2)74-58-63(37-53-72(74)73-54-40-65(59-75(73)78)76(7,8)16-6)62-35-45-68(46-36-62)79(66-41-31-60(32-42-66)29-19-13-3)70-49-51-71(52-50-70)80(67-43-33-61(34-44-67)30-20-14-4)69-47-38-64(39-48-69)77(9,10)55-15-5/h31-54,58-59H,11-30,55-57H2,1-10H3. The fraction of sp³-hybridized carbons (Fsp3) is 0.462. The second-order valence-electron chi connectivity index (χ2n) is 25.3. The molecule has 2 nitrogen and oxygen atoms in total. The Kier molecular flexibility index (Phi) is 21.6. The number of nitrogens with zero attached hydrogens (tertiary/aromatic N) is 2. The summed E-state index contributed by atoms with van der Waals surface area (Å²) in [5.41, 5.74) is 21.7. The van der Waals surface area contributed by atoms with Crippen molar-refractivity contribution >= 4 is 34.1 Å². The van der Waals surface area contributed by atoms with E-state index in [-0.39, 0.29) is 16.2 Å². The van der Waals surface area contributed by atoms with Crippen molar-refractivity contribution in [2.75, 3.05) is 9.80 Å². The quantitative estimate of drug-likeness (QED) is 0.0388. The molecule has 0 heterocycles. The third kappa shape index (κ3) is 14.4. The zero-order valence-corrected chi connectivity index (χ0v) is 51.7. The summed E-state index contributed by atoms with van der Waals surface area (Å²) in [5, 5.41) is 0. The Morgan fingerprint density at radius 3 is 1.12 bits per heavy atom. The first-order valence-corrected chi connectivity index (χ1v) is 32.3. The Hall–Kier alpha value is -5.86. The van der Waals surface area contributed by atoms with Crippen LogP contribution in [-0.4, -0.2) is 0 Å². The highest BCUT2D eigenvalue weighted by atomic mass is 15.2. The molecule has 0 saturated heterocycles. The largest absolute Gasteiger partial charge is 0.311 e. The average Bonchev–Trinajstić information content (AvgIpc) is 3.81. The second kappa shape index (κ2) is 28.7. The van der Waals surface area contributed by atoms with Crippen LogP contribution in [0.5, 0.6) is 0 Å². The predicted molar refractivity (Wildman–Crippen MR) is 352 cm³/mol. The molecule has 0 N–H and O–H groups in total. The maximum Gasteiger partial charge on any atom is 0.0463 e. The summed E-state index contributed by atoms with van der Waals surface area (Å²) in [7, 11) is 0. The van der Waals surface area contributed by atoms with Crippen LogP contribution in [0.4, 0.5) is 34.1 Å². The van der Waals surface area contributed by atoms with Crippen molar-refractivity contribution in [1.82, 2.24) is 0 Å². The summed E-state index contributed by atoms with van der Waals surface area (Å²) in [5.74, 6) is 0. The Labute approximate surface area is 487 Å². The van der Waals surface area contributed by atoms with Gasteiger partial charge in [0.2, 0.25) is 0 Å². The lowest BCUT2D eigenvalue weighted by atomic mass is 9.69. The topological polar surface area (TPSA) is 6.48 Å². The first kappa shape index (κ1) is 60.2. The minimum Gasteiger partial charge on any atom is -0.311 e. The lowest BCUT2D eigenvalue weighted by Crippen LogP contribution is -2.26. The number of anilines is 6. The van der Waals surface area contributed by atoms with Crippen LogP contribution in [0.25, 0.3) is 22.3 Å². The molecular formula is C78H102N2. The van der Waals surface area contributed by atoms with E-state index in [0.717, 1.165) is 36.3 Å². The van der Waals surface area contributed by atoms with Crippen LogP contribution in [-0.2, 0) is 29.1 Å². The van der Waals surface area contributed by atoms with Gasteiger partial charge in [0.25, 0.3) is 0 Å². The van der Waals surface area contributed by atoms with Crippen LogP contribution >= 0.6 is 0 Å². The average molecular weight is 1070 g/mol. The zero-order valence-electron chi connectivity index (χ0n) is 51.7. The third-order valence-electron chi connectivity index (χ3n) is 18.6. The number of hydrogen-bond donors (Lipinski definition) is 0. The van der Waals surface area contributed by atoms with Crippen LogP contribution in [0.1, 0.15) is 237 Å². The van der Waals surface area contributed by atoms with Crippen molar-refractivity contribution in [2.45, 2.75) is 233 Å². The van der Waals surface area contributed by atoms with Crippen molar-refractivity contribution in [2.24, 2.45) is 0 Å². The minimum absolute atomic E-state index is 0.0187. The first-order chi connectivity index (χ1) is 38.9. The number of hydrogen-bond acceptors (Lipinski definition) is 2. The summed E-state index contributed by atoms with van der Waals surface area (Å²) < 4.78 is 0. The molecule has 0 amide bonds. The van der Waals surface area contributed by atoms with E-state index in [1.807, 2.05) is 0 Å². The highest BCUT2D eigenvalue weighted by Gasteiger charge is 2.43. The maximum atomic E-state index is 2.67. The summed E-state index contributed by atoms with van der Waals surface area (Å²) in [6.07, 6.45) is 28.9. The van der Waals surface area contributed by atoms with Crippen LogP contribution in [0.2, 0.25) is 0 Å². The Morgan fingerprint density at radius 2 is 0.688 bits per heavy atom. The van der Waals surface area contributed by atoms with Gasteiger partial charge in [0.05, 0.1) is 0 Å². The summed E-state index contributed by atoms with van der Waals surface area (Å²) >= 11 is 0. The van der Waals surface area contributed by atoms with Crippen molar-refractivity contribution in [1.29, 1.82) is 0 Å². The lowest BCUT2D eigenvalue weighted by molar-refractivity contribution is 0.396. The Bertz CT molecular complexity index is 2940. The maximum absolute atomic E-state index is 2.67. The SMILES string of the molecule is CCCCCCCCC1(CCCCCCCC)c2cc(-c3ccc(N(c4ccc(CCCC)cc4)c4ccc(N(c5ccc(CCCC)cc5)c5ccc(C(C)(C)CCC)cc5)cc4)cc3)ccc2-c2ccc(C(C)(C)CC)cc21. The fourth-order valence-corrected chi connectivity index (χ4v) is 13.0. The van der Waals surface area contributed by atoms with Gasteiger partial charge in [-0.15, -0.1) is 0 Å². The number of rotatable bonds is 32. The summed E-state index contributed by atoms with van der Waals surface area (Å²) in [6.45, 7) is 23.5. The lowest BCUT2D eigenvalue weighted by Gasteiger charge is -2.34. The zero-order chi connectivity index (χ0) is 56.5. The van der Waals surface area contributed by atoms with Gasteiger partial charge >= 0.3 is 0 Å². The highest BCUT2D eigenvalue weighted by Crippen LogP contribution is 2.56. The van der Waals surface area contributed by atoms with Crippen molar-refractivity contribution in [3.8, 4) is 22.3 Å². The Balaban J connectivity index is 1.17.